The minimum Gasteiger partial charge on any atom is -0.248 e. The van der Waals surface area contributed by atoms with E-state index in [0.29, 0.717) is 10.8 Å². The highest BCUT2D eigenvalue weighted by atomic mass is 14.7. The summed E-state index contributed by atoms with van der Waals surface area (Å²) in [5.74, 6) is 5.67. The van der Waals surface area contributed by atoms with Crippen LogP contribution in [0, 0.1) is 49.4 Å². The van der Waals surface area contributed by atoms with Crippen LogP contribution >= 0.6 is 0 Å². The Morgan fingerprint density at radius 3 is 1.12 bits per heavy atom. The van der Waals surface area contributed by atoms with Crippen molar-refractivity contribution in [1.82, 2.24) is 4.98 Å². The molecule has 0 spiro atoms. The zero-order valence-corrected chi connectivity index (χ0v) is 31.2. The lowest BCUT2D eigenvalue weighted by molar-refractivity contribution is -0.00531. The van der Waals surface area contributed by atoms with Crippen LogP contribution in [0.2, 0.25) is 0 Å². The zero-order chi connectivity index (χ0) is 34.6. The fourth-order valence-corrected chi connectivity index (χ4v) is 14.1. The van der Waals surface area contributed by atoms with Crippen LogP contribution in [0.3, 0.4) is 0 Å². The minimum absolute atomic E-state index is 0.387. The van der Waals surface area contributed by atoms with E-state index in [1.165, 1.54) is 122 Å². The highest BCUT2D eigenvalue weighted by Crippen LogP contribution is 2.62. The summed E-state index contributed by atoms with van der Waals surface area (Å²) in [5.41, 5.74) is 16.6. The van der Waals surface area contributed by atoms with Crippen LogP contribution in [-0.2, 0) is 10.8 Å². The van der Waals surface area contributed by atoms with E-state index < -0.39 is 0 Å². The van der Waals surface area contributed by atoms with E-state index in [0.717, 1.165) is 46.9 Å². The van der Waals surface area contributed by atoms with Gasteiger partial charge >= 0.3 is 0 Å². The second-order valence-electron chi connectivity index (χ2n) is 19.1. The summed E-state index contributed by atoms with van der Waals surface area (Å²) in [7, 11) is 0. The first kappa shape index (κ1) is 31.5. The first-order valence-electron chi connectivity index (χ1n) is 20.8. The van der Waals surface area contributed by atoms with Crippen molar-refractivity contribution in [3.63, 3.8) is 0 Å². The number of hydrogen-bond donors (Lipinski definition) is 0. The Kier molecular flexibility index (Phi) is 7.14. The first-order chi connectivity index (χ1) is 25.4. The van der Waals surface area contributed by atoms with E-state index in [4.69, 9.17) is 4.98 Å². The van der Waals surface area contributed by atoms with E-state index in [1.54, 1.807) is 11.1 Å². The van der Waals surface area contributed by atoms with E-state index in [1.807, 2.05) is 0 Å². The molecule has 5 aromatic rings. The number of aromatic nitrogens is 1. The molecule has 0 amide bonds. The van der Waals surface area contributed by atoms with Crippen LogP contribution in [0.25, 0.3) is 44.8 Å². The molecule has 13 rings (SSSR count). The molecule has 4 aromatic carbocycles. The van der Waals surface area contributed by atoms with Gasteiger partial charge in [-0.3, -0.25) is 0 Å². The predicted molar refractivity (Wildman–Crippen MR) is 215 cm³/mol. The standard InChI is InChI=1S/C51H53N/c1-32-14-40(24-42(16-32)50-26-34-18-35(27-50)20-36(19-34)28-50)44-8-3-5-10-46(44)48-12-7-13-49(52-48)47-11-6-4-9-45(47)41-15-33(2)17-43(25-41)51-29-37-21-38(30-51)23-39(22-37)31-51/h3-17,24-25,34-39H,18-23,26-31H2,1-2H3. The molecule has 8 aliphatic carbocycles. The maximum atomic E-state index is 5.48. The molecule has 52 heavy (non-hydrogen) atoms. The third kappa shape index (κ3) is 5.20. The smallest absolute Gasteiger partial charge is 0.0715 e. The molecule has 0 atom stereocenters. The van der Waals surface area contributed by atoms with Gasteiger partial charge < -0.3 is 0 Å². The van der Waals surface area contributed by atoms with E-state index in [2.05, 4.69) is 117 Å². The van der Waals surface area contributed by atoms with Gasteiger partial charge in [-0.25, -0.2) is 4.98 Å². The van der Waals surface area contributed by atoms with Crippen molar-refractivity contribution >= 4 is 0 Å². The topological polar surface area (TPSA) is 12.9 Å². The van der Waals surface area contributed by atoms with Crippen molar-refractivity contribution in [2.45, 2.75) is 102 Å². The number of hydrogen-bond acceptors (Lipinski definition) is 1. The summed E-state index contributed by atoms with van der Waals surface area (Å²) in [6.45, 7) is 4.62. The monoisotopic (exact) mass is 679 g/mol. The SMILES string of the molecule is Cc1cc(-c2ccccc2-c2cccc(-c3ccccc3-c3cc(C)cc(C45CC6CC(CC(C6)C4)C5)c3)n2)cc(C23CC4CC(CC(C4)C2)C3)c1. The van der Waals surface area contributed by atoms with Gasteiger partial charge in [-0.2, -0.15) is 0 Å². The third-order valence-electron chi connectivity index (χ3n) is 15.2. The van der Waals surface area contributed by atoms with Crippen molar-refractivity contribution in [2.24, 2.45) is 35.5 Å². The van der Waals surface area contributed by atoms with Gasteiger partial charge in [0.15, 0.2) is 0 Å². The molecular formula is C51H53N. The molecular weight excluding hydrogens is 627 g/mol. The molecule has 0 radical (unpaired) electrons. The third-order valence-corrected chi connectivity index (χ3v) is 15.2. The number of rotatable bonds is 6. The van der Waals surface area contributed by atoms with Crippen molar-refractivity contribution in [1.29, 1.82) is 0 Å². The average molecular weight is 680 g/mol. The second kappa shape index (κ2) is 11.8. The van der Waals surface area contributed by atoms with Crippen LogP contribution < -0.4 is 0 Å². The molecule has 1 nitrogen and oxygen atoms in total. The first-order valence-corrected chi connectivity index (χ1v) is 20.8. The molecule has 1 heterocycles. The summed E-state index contributed by atoms with van der Waals surface area (Å²) in [4.78, 5) is 5.48. The van der Waals surface area contributed by atoms with Gasteiger partial charge in [0.1, 0.15) is 0 Å². The van der Waals surface area contributed by atoms with Gasteiger partial charge in [-0.1, -0.05) is 102 Å². The molecule has 1 heteroatoms. The summed E-state index contributed by atoms with van der Waals surface area (Å²) in [6, 6.07) is 39.8. The normalized spacial score (nSPS) is 32.4. The van der Waals surface area contributed by atoms with E-state index in [9.17, 15) is 0 Å². The van der Waals surface area contributed by atoms with Crippen molar-refractivity contribution in [3.8, 4) is 44.8 Å². The van der Waals surface area contributed by atoms with Crippen molar-refractivity contribution in [3.05, 3.63) is 125 Å². The minimum atomic E-state index is 0.387. The van der Waals surface area contributed by atoms with Gasteiger partial charge in [-0.05, 0) is 183 Å². The summed E-state index contributed by atoms with van der Waals surface area (Å²) >= 11 is 0. The molecule has 8 fully saturated rings. The number of benzene rings is 4. The summed E-state index contributed by atoms with van der Waals surface area (Å²) < 4.78 is 0. The largest absolute Gasteiger partial charge is 0.248 e. The summed E-state index contributed by atoms with van der Waals surface area (Å²) in [6.07, 6.45) is 17.3. The summed E-state index contributed by atoms with van der Waals surface area (Å²) in [5, 5.41) is 0. The molecule has 0 unspecified atom stereocenters. The Bertz CT molecular complexity index is 1980. The molecule has 8 bridgehead atoms. The molecule has 1 aromatic heterocycles. The fourth-order valence-electron chi connectivity index (χ4n) is 14.1. The van der Waals surface area contributed by atoms with Crippen LogP contribution in [0.5, 0.6) is 0 Å². The van der Waals surface area contributed by atoms with Crippen LogP contribution in [0.15, 0.2) is 103 Å². The van der Waals surface area contributed by atoms with Gasteiger partial charge in [0, 0.05) is 11.1 Å². The molecule has 8 aliphatic rings. The predicted octanol–water partition coefficient (Wildman–Crippen LogP) is 13.3. The Balaban J connectivity index is 0.964. The molecule has 0 aliphatic heterocycles. The molecule has 262 valence electrons. The van der Waals surface area contributed by atoms with Crippen LogP contribution in [-0.4, -0.2) is 4.98 Å². The van der Waals surface area contributed by atoms with E-state index in [-0.39, 0.29) is 0 Å². The highest BCUT2D eigenvalue weighted by molar-refractivity contribution is 5.86. The molecule has 8 saturated carbocycles. The Morgan fingerprint density at radius 2 is 0.750 bits per heavy atom. The maximum Gasteiger partial charge on any atom is 0.0715 e. The lowest BCUT2D eigenvalue weighted by atomic mass is 9.48. The van der Waals surface area contributed by atoms with Gasteiger partial charge in [0.05, 0.1) is 11.4 Å². The fraction of sp³-hybridized carbons (Fsp3) is 0.431. The van der Waals surface area contributed by atoms with Gasteiger partial charge in [-0.15, -0.1) is 0 Å². The highest BCUT2D eigenvalue weighted by Gasteiger charge is 2.53. The van der Waals surface area contributed by atoms with E-state index >= 15 is 0 Å². The van der Waals surface area contributed by atoms with Crippen molar-refractivity contribution < 1.29 is 0 Å². The zero-order valence-electron chi connectivity index (χ0n) is 31.2. The Morgan fingerprint density at radius 1 is 0.404 bits per heavy atom. The average Bonchev–Trinajstić information content (AvgIpc) is 3.13. The van der Waals surface area contributed by atoms with Gasteiger partial charge in [0.2, 0.25) is 0 Å². The Labute approximate surface area is 311 Å². The van der Waals surface area contributed by atoms with Crippen LogP contribution in [0.1, 0.15) is 99.3 Å². The number of aryl methyl sites for hydroxylation is 2. The maximum absolute atomic E-state index is 5.48. The quantitative estimate of drug-likeness (QED) is 0.174. The number of nitrogens with zero attached hydrogens (tertiary/aromatic N) is 1. The molecule has 0 saturated heterocycles. The molecule has 0 N–H and O–H groups in total. The Hall–Kier alpha value is -3.97. The van der Waals surface area contributed by atoms with Gasteiger partial charge in [0.25, 0.3) is 0 Å². The van der Waals surface area contributed by atoms with Crippen LogP contribution in [0.4, 0.5) is 0 Å². The lowest BCUT2D eigenvalue weighted by Gasteiger charge is -2.57. The second-order valence-corrected chi connectivity index (χ2v) is 19.1. The lowest BCUT2D eigenvalue weighted by Crippen LogP contribution is -2.48. The van der Waals surface area contributed by atoms with Crippen molar-refractivity contribution in [2.75, 3.05) is 0 Å². The number of pyridine rings is 1.